The van der Waals surface area contributed by atoms with Crippen LogP contribution in [0.2, 0.25) is 5.02 Å². The number of benzene rings is 2. The van der Waals surface area contributed by atoms with E-state index in [1.54, 1.807) is 30.0 Å². The first-order valence-corrected chi connectivity index (χ1v) is 8.43. The molecule has 0 aromatic heterocycles. The van der Waals surface area contributed by atoms with Gasteiger partial charge in [-0.1, -0.05) is 27.5 Å². The quantitative estimate of drug-likeness (QED) is 0.574. The Bertz CT molecular complexity index is 634. The minimum Gasteiger partial charge on any atom is -0.397 e. The van der Waals surface area contributed by atoms with E-state index in [4.69, 9.17) is 17.3 Å². The fourth-order valence-corrected chi connectivity index (χ4v) is 2.87. The Morgan fingerprint density at radius 3 is 2.62 bits per heavy atom. The van der Waals surface area contributed by atoms with Gasteiger partial charge in [-0.05, 0) is 42.5 Å². The van der Waals surface area contributed by atoms with Crippen LogP contribution in [0.4, 0.5) is 11.4 Å². The smallest absolute Gasteiger partial charge is 0.225 e. The third-order valence-electron chi connectivity index (χ3n) is 2.69. The second kappa shape index (κ2) is 7.73. The summed E-state index contributed by atoms with van der Waals surface area (Å²) in [6.45, 7) is 0. The van der Waals surface area contributed by atoms with Crippen LogP contribution in [-0.4, -0.2) is 11.7 Å². The second-order valence-corrected chi connectivity index (χ2v) is 6.83. The second-order valence-electron chi connectivity index (χ2n) is 4.34. The molecule has 0 radical (unpaired) electrons. The lowest BCUT2D eigenvalue weighted by atomic mass is 10.2. The van der Waals surface area contributed by atoms with E-state index in [1.807, 2.05) is 24.3 Å². The molecule has 110 valence electrons. The minimum atomic E-state index is -0.0404. The normalized spacial score (nSPS) is 10.4. The number of nitrogens with one attached hydrogen (secondary N) is 1. The van der Waals surface area contributed by atoms with Crippen molar-refractivity contribution in [1.82, 2.24) is 0 Å². The van der Waals surface area contributed by atoms with Crippen LogP contribution in [0.1, 0.15) is 6.42 Å². The summed E-state index contributed by atoms with van der Waals surface area (Å²) in [5.74, 6) is 0.678. The molecule has 0 saturated heterocycles. The van der Waals surface area contributed by atoms with Crippen LogP contribution < -0.4 is 11.1 Å². The first-order valence-electron chi connectivity index (χ1n) is 6.28. The van der Waals surface area contributed by atoms with Crippen molar-refractivity contribution in [1.29, 1.82) is 0 Å². The van der Waals surface area contributed by atoms with E-state index in [1.165, 1.54) is 0 Å². The van der Waals surface area contributed by atoms with Gasteiger partial charge in [0.05, 0.1) is 10.7 Å². The third kappa shape index (κ3) is 5.26. The number of anilines is 2. The summed E-state index contributed by atoms with van der Waals surface area (Å²) in [5.41, 5.74) is 6.81. The minimum absolute atomic E-state index is 0.0404. The van der Waals surface area contributed by atoms with Gasteiger partial charge in [0.2, 0.25) is 5.91 Å². The van der Waals surface area contributed by atoms with Crippen molar-refractivity contribution in [3.8, 4) is 0 Å². The van der Waals surface area contributed by atoms with Gasteiger partial charge in [-0.2, -0.15) is 0 Å². The molecule has 3 nitrogen and oxygen atoms in total. The lowest BCUT2D eigenvalue weighted by molar-refractivity contribution is -0.115. The fraction of sp³-hybridized carbons (Fsp3) is 0.133. The van der Waals surface area contributed by atoms with Gasteiger partial charge in [0.1, 0.15) is 0 Å². The molecule has 2 rings (SSSR count). The highest BCUT2D eigenvalue weighted by Gasteiger charge is 2.05. The molecule has 0 unspecified atom stereocenters. The van der Waals surface area contributed by atoms with Crippen LogP contribution in [0.25, 0.3) is 0 Å². The number of nitrogens with two attached hydrogens (primary N) is 1. The van der Waals surface area contributed by atoms with E-state index < -0.39 is 0 Å². The Morgan fingerprint density at radius 1 is 1.24 bits per heavy atom. The molecular weight excluding hydrogens is 372 g/mol. The van der Waals surface area contributed by atoms with Gasteiger partial charge in [0.25, 0.3) is 0 Å². The lowest BCUT2D eigenvalue weighted by Gasteiger charge is -2.07. The average Bonchev–Trinajstić information content (AvgIpc) is 2.45. The zero-order valence-corrected chi connectivity index (χ0v) is 14.3. The van der Waals surface area contributed by atoms with Gasteiger partial charge in [0.15, 0.2) is 0 Å². The maximum atomic E-state index is 11.8. The Hall–Kier alpha value is -1.17. The largest absolute Gasteiger partial charge is 0.397 e. The molecule has 0 bridgehead atoms. The number of nitrogen functional groups attached to an aromatic ring is 1. The van der Waals surface area contributed by atoms with Crippen LogP contribution >= 0.6 is 39.3 Å². The predicted octanol–water partition coefficient (Wildman–Crippen LogP) is 4.81. The van der Waals surface area contributed by atoms with E-state index in [9.17, 15) is 4.79 Å². The summed E-state index contributed by atoms with van der Waals surface area (Å²) in [6.07, 6.45) is 0.434. The molecule has 21 heavy (non-hydrogen) atoms. The number of hydrogen-bond donors (Lipinski definition) is 2. The summed E-state index contributed by atoms with van der Waals surface area (Å²) in [5, 5.41) is 3.29. The van der Waals surface area contributed by atoms with E-state index in [2.05, 4.69) is 21.2 Å². The molecular formula is C15H14BrClN2OS. The van der Waals surface area contributed by atoms with Crippen LogP contribution in [0.5, 0.6) is 0 Å². The number of carbonyl (C=O) groups excluding carboxylic acids is 1. The standard InChI is InChI=1S/C15H14BrClN2OS/c16-10-1-4-12(5-2-10)21-8-7-15(20)19-11-3-6-13(17)14(18)9-11/h1-6,9H,7-8,18H2,(H,19,20). The average molecular weight is 386 g/mol. The van der Waals surface area contributed by atoms with Crippen LogP contribution in [0.3, 0.4) is 0 Å². The zero-order chi connectivity index (χ0) is 15.2. The first-order chi connectivity index (χ1) is 10.0. The van der Waals surface area contributed by atoms with Gasteiger partial charge in [-0.3, -0.25) is 4.79 Å². The monoisotopic (exact) mass is 384 g/mol. The summed E-state index contributed by atoms with van der Waals surface area (Å²) in [7, 11) is 0. The topological polar surface area (TPSA) is 55.1 Å². The number of thioether (sulfide) groups is 1. The summed E-state index contributed by atoms with van der Waals surface area (Å²) in [4.78, 5) is 13.0. The molecule has 0 aliphatic heterocycles. The molecule has 6 heteroatoms. The van der Waals surface area contributed by atoms with Crippen molar-refractivity contribution in [3.05, 3.63) is 52.0 Å². The third-order valence-corrected chi connectivity index (χ3v) is 4.58. The van der Waals surface area contributed by atoms with Gasteiger partial charge < -0.3 is 11.1 Å². The van der Waals surface area contributed by atoms with E-state index in [0.717, 1.165) is 15.1 Å². The van der Waals surface area contributed by atoms with Crippen molar-refractivity contribution in [2.45, 2.75) is 11.3 Å². The SMILES string of the molecule is Nc1cc(NC(=O)CCSc2ccc(Br)cc2)ccc1Cl. The number of amides is 1. The maximum Gasteiger partial charge on any atom is 0.225 e. The fourth-order valence-electron chi connectivity index (χ4n) is 1.64. The molecule has 0 saturated carbocycles. The molecule has 1 amide bonds. The molecule has 0 fully saturated rings. The van der Waals surface area contributed by atoms with Crippen LogP contribution in [-0.2, 0) is 4.79 Å². The van der Waals surface area contributed by atoms with Crippen molar-refractivity contribution < 1.29 is 4.79 Å². The van der Waals surface area contributed by atoms with Gasteiger partial charge in [0, 0.05) is 27.2 Å². The van der Waals surface area contributed by atoms with Crippen LogP contribution in [0, 0.1) is 0 Å². The Morgan fingerprint density at radius 2 is 1.95 bits per heavy atom. The van der Waals surface area contributed by atoms with Crippen molar-refractivity contribution in [3.63, 3.8) is 0 Å². The molecule has 0 aliphatic rings. The number of rotatable bonds is 5. The van der Waals surface area contributed by atoms with Gasteiger partial charge in [-0.25, -0.2) is 0 Å². The van der Waals surface area contributed by atoms with E-state index >= 15 is 0 Å². The number of halogens is 2. The molecule has 0 heterocycles. The predicted molar refractivity (Wildman–Crippen MR) is 94.0 cm³/mol. The highest BCUT2D eigenvalue weighted by atomic mass is 79.9. The maximum absolute atomic E-state index is 11.8. The molecule has 0 atom stereocenters. The van der Waals surface area contributed by atoms with E-state index in [0.29, 0.717) is 22.8 Å². The number of hydrogen-bond acceptors (Lipinski definition) is 3. The van der Waals surface area contributed by atoms with E-state index in [-0.39, 0.29) is 5.91 Å². The Labute approximate surface area is 141 Å². The first kappa shape index (κ1) is 16.2. The van der Waals surface area contributed by atoms with Crippen molar-refractivity contribution >= 4 is 56.6 Å². The highest BCUT2D eigenvalue weighted by Crippen LogP contribution is 2.23. The molecule has 3 N–H and O–H groups in total. The van der Waals surface area contributed by atoms with Gasteiger partial charge >= 0.3 is 0 Å². The number of carbonyl (C=O) groups is 1. The summed E-state index contributed by atoms with van der Waals surface area (Å²) < 4.78 is 1.05. The Balaban J connectivity index is 1.79. The zero-order valence-electron chi connectivity index (χ0n) is 11.1. The summed E-state index contributed by atoms with van der Waals surface area (Å²) in [6, 6.07) is 13.1. The molecule has 0 aliphatic carbocycles. The van der Waals surface area contributed by atoms with Crippen molar-refractivity contribution in [2.24, 2.45) is 0 Å². The summed E-state index contributed by atoms with van der Waals surface area (Å²) >= 11 is 10.9. The molecule has 2 aromatic rings. The lowest BCUT2D eigenvalue weighted by Crippen LogP contribution is -2.12. The van der Waals surface area contributed by atoms with Gasteiger partial charge in [-0.15, -0.1) is 11.8 Å². The van der Waals surface area contributed by atoms with Crippen LogP contribution in [0.15, 0.2) is 51.8 Å². The molecule has 0 spiro atoms. The molecule has 2 aromatic carbocycles. The highest BCUT2D eigenvalue weighted by molar-refractivity contribution is 9.10. The van der Waals surface area contributed by atoms with Crippen molar-refractivity contribution in [2.75, 3.05) is 16.8 Å². The Kier molecular flexibility index (Phi) is 5.96.